The van der Waals surface area contributed by atoms with Gasteiger partial charge < -0.3 is 11.5 Å². The summed E-state index contributed by atoms with van der Waals surface area (Å²) in [5, 5.41) is 0. The van der Waals surface area contributed by atoms with Crippen LogP contribution in [0.25, 0.3) is 0 Å². The van der Waals surface area contributed by atoms with E-state index in [2.05, 4.69) is 5.73 Å². The summed E-state index contributed by atoms with van der Waals surface area (Å²) in [5.74, 6) is -1.43. The third kappa shape index (κ3) is 3.67. The number of amides is 1. The Morgan fingerprint density at radius 2 is 2.00 bits per heavy atom. The van der Waals surface area contributed by atoms with Gasteiger partial charge in [-0.1, -0.05) is 0 Å². The van der Waals surface area contributed by atoms with E-state index in [-0.39, 0.29) is 12.2 Å². The first kappa shape index (κ1) is 10.0. The lowest BCUT2D eigenvalue weighted by atomic mass is 10.1. The van der Waals surface area contributed by atoms with Crippen LogP contribution in [0, 0.1) is 0 Å². The van der Waals surface area contributed by atoms with Gasteiger partial charge in [0.05, 0.1) is 6.04 Å². The van der Waals surface area contributed by atoms with Crippen molar-refractivity contribution in [2.24, 2.45) is 11.5 Å². The zero-order chi connectivity index (χ0) is 9.02. The number of carbonyl (C=O) groups excluding carboxylic acids is 2. The highest BCUT2D eigenvalue weighted by Crippen LogP contribution is 2.00. The molecule has 0 aromatic carbocycles. The van der Waals surface area contributed by atoms with Gasteiger partial charge in [0, 0.05) is 6.42 Å². The molecule has 0 spiro atoms. The van der Waals surface area contributed by atoms with Crippen molar-refractivity contribution in [3.8, 4) is 0 Å². The maximum absolute atomic E-state index is 12.4. The van der Waals surface area contributed by atoms with Gasteiger partial charge in [0.15, 0.2) is 6.17 Å². The molecule has 0 fully saturated rings. The first-order chi connectivity index (χ1) is 4.95. The summed E-state index contributed by atoms with van der Waals surface area (Å²) >= 11 is 0. The van der Waals surface area contributed by atoms with Crippen molar-refractivity contribution >= 4 is 11.7 Å². The predicted molar refractivity (Wildman–Crippen MR) is 37.4 cm³/mol. The van der Waals surface area contributed by atoms with E-state index in [1.165, 1.54) is 6.92 Å². The van der Waals surface area contributed by atoms with Crippen LogP contribution in [0.4, 0.5) is 4.39 Å². The van der Waals surface area contributed by atoms with Gasteiger partial charge in [-0.2, -0.15) is 0 Å². The van der Waals surface area contributed by atoms with E-state index >= 15 is 0 Å². The molecule has 0 saturated carbocycles. The van der Waals surface area contributed by atoms with Gasteiger partial charge in [-0.15, -0.1) is 0 Å². The lowest BCUT2D eigenvalue weighted by molar-refractivity contribution is -0.124. The number of halogens is 1. The van der Waals surface area contributed by atoms with Gasteiger partial charge in [-0.3, -0.25) is 9.59 Å². The molecule has 0 radical (unpaired) electrons. The second kappa shape index (κ2) is 4.02. The molecule has 0 bridgehead atoms. The summed E-state index contributed by atoms with van der Waals surface area (Å²) in [6.07, 6.45) is -2.15. The third-order valence-corrected chi connectivity index (χ3v) is 1.29. The second-order valence-corrected chi connectivity index (χ2v) is 2.32. The lowest BCUT2D eigenvalue weighted by Crippen LogP contribution is -2.36. The SMILES string of the molecule is CC(=O)[C@@H](N)C[C@@H](F)C(N)=O. The molecular formula is C6H11FN2O2. The molecule has 0 aromatic heterocycles. The normalized spacial score (nSPS) is 15.5. The summed E-state index contributed by atoms with van der Waals surface area (Å²) in [4.78, 5) is 20.6. The van der Waals surface area contributed by atoms with Crippen LogP contribution in [0.2, 0.25) is 0 Å². The minimum atomic E-state index is -1.83. The summed E-state index contributed by atoms with van der Waals surface area (Å²) in [6.45, 7) is 1.23. The Kier molecular flexibility index (Phi) is 3.67. The van der Waals surface area contributed by atoms with E-state index in [0.29, 0.717) is 0 Å². The molecule has 64 valence electrons. The molecule has 0 unspecified atom stereocenters. The number of primary amides is 1. The molecule has 5 heteroatoms. The fourth-order valence-electron chi connectivity index (χ4n) is 0.505. The Labute approximate surface area is 63.7 Å². The molecule has 0 rings (SSSR count). The van der Waals surface area contributed by atoms with Crippen LogP contribution < -0.4 is 11.5 Å². The predicted octanol–water partition coefficient (Wildman–Crippen LogP) is -0.884. The van der Waals surface area contributed by atoms with Crippen LogP contribution >= 0.6 is 0 Å². The quantitative estimate of drug-likeness (QED) is 0.562. The van der Waals surface area contributed by atoms with Crippen LogP contribution in [-0.2, 0) is 9.59 Å². The number of alkyl halides is 1. The Morgan fingerprint density at radius 3 is 2.27 bits per heavy atom. The minimum Gasteiger partial charge on any atom is -0.367 e. The summed E-state index contributed by atoms with van der Waals surface area (Å²) in [7, 11) is 0. The van der Waals surface area contributed by atoms with Crippen molar-refractivity contribution in [1.82, 2.24) is 0 Å². The van der Waals surface area contributed by atoms with Crippen LogP contribution in [0.5, 0.6) is 0 Å². The van der Waals surface area contributed by atoms with Crippen LogP contribution in [-0.4, -0.2) is 23.9 Å². The van der Waals surface area contributed by atoms with E-state index in [1.54, 1.807) is 0 Å². The first-order valence-corrected chi connectivity index (χ1v) is 3.14. The van der Waals surface area contributed by atoms with E-state index in [9.17, 15) is 14.0 Å². The van der Waals surface area contributed by atoms with Crippen molar-refractivity contribution < 1.29 is 14.0 Å². The van der Waals surface area contributed by atoms with E-state index in [0.717, 1.165) is 0 Å². The Bertz CT molecular complexity index is 154. The van der Waals surface area contributed by atoms with Gasteiger partial charge in [0.25, 0.3) is 5.91 Å². The summed E-state index contributed by atoms with van der Waals surface area (Å²) < 4.78 is 12.4. The standard InChI is InChI=1S/C6H11FN2O2/c1-3(10)5(8)2-4(7)6(9)11/h4-5H,2,8H2,1H3,(H2,9,11)/t4-,5+/m1/s1. The molecule has 0 aliphatic carbocycles. The molecule has 4 N–H and O–H groups in total. The van der Waals surface area contributed by atoms with Crippen LogP contribution in [0.15, 0.2) is 0 Å². The lowest BCUT2D eigenvalue weighted by Gasteiger charge is -2.08. The first-order valence-electron chi connectivity index (χ1n) is 3.14. The van der Waals surface area contributed by atoms with E-state index in [4.69, 9.17) is 5.73 Å². The van der Waals surface area contributed by atoms with Crippen LogP contribution in [0.1, 0.15) is 13.3 Å². The monoisotopic (exact) mass is 162 g/mol. The van der Waals surface area contributed by atoms with E-state index in [1.807, 2.05) is 0 Å². The van der Waals surface area contributed by atoms with Gasteiger partial charge in [0.1, 0.15) is 5.78 Å². The molecule has 0 aliphatic heterocycles. The molecule has 0 heterocycles. The smallest absolute Gasteiger partial charge is 0.252 e. The zero-order valence-electron chi connectivity index (χ0n) is 6.21. The second-order valence-electron chi connectivity index (χ2n) is 2.32. The van der Waals surface area contributed by atoms with Crippen molar-refractivity contribution in [2.75, 3.05) is 0 Å². The van der Waals surface area contributed by atoms with Crippen molar-refractivity contribution in [3.63, 3.8) is 0 Å². The summed E-state index contributed by atoms with van der Waals surface area (Å²) in [5.41, 5.74) is 9.76. The topological polar surface area (TPSA) is 86.2 Å². The van der Waals surface area contributed by atoms with Gasteiger partial charge in [0.2, 0.25) is 0 Å². The number of hydrogen-bond acceptors (Lipinski definition) is 3. The highest BCUT2D eigenvalue weighted by atomic mass is 19.1. The van der Waals surface area contributed by atoms with E-state index < -0.39 is 18.1 Å². The Balaban J connectivity index is 3.84. The van der Waals surface area contributed by atoms with Gasteiger partial charge >= 0.3 is 0 Å². The van der Waals surface area contributed by atoms with Crippen molar-refractivity contribution in [3.05, 3.63) is 0 Å². The Hall–Kier alpha value is -0.970. The number of rotatable bonds is 4. The van der Waals surface area contributed by atoms with Gasteiger partial charge in [-0.25, -0.2) is 4.39 Å². The molecular weight excluding hydrogens is 151 g/mol. The highest BCUT2D eigenvalue weighted by Gasteiger charge is 2.19. The molecule has 0 aliphatic rings. The molecule has 1 amide bonds. The largest absolute Gasteiger partial charge is 0.367 e. The van der Waals surface area contributed by atoms with Gasteiger partial charge in [-0.05, 0) is 6.92 Å². The average Bonchev–Trinajstić information content (AvgIpc) is 1.87. The number of hydrogen-bond donors (Lipinski definition) is 2. The fourth-order valence-corrected chi connectivity index (χ4v) is 0.505. The van der Waals surface area contributed by atoms with Crippen LogP contribution in [0.3, 0.4) is 0 Å². The minimum absolute atomic E-state index is 0.329. The highest BCUT2D eigenvalue weighted by molar-refractivity contribution is 5.83. The molecule has 4 nitrogen and oxygen atoms in total. The molecule has 2 atom stereocenters. The summed E-state index contributed by atoms with van der Waals surface area (Å²) in [6, 6.07) is -0.933. The third-order valence-electron chi connectivity index (χ3n) is 1.29. The maximum atomic E-state index is 12.4. The molecule has 0 saturated heterocycles. The fraction of sp³-hybridized carbons (Fsp3) is 0.667. The zero-order valence-corrected chi connectivity index (χ0v) is 6.21. The number of carbonyl (C=O) groups is 2. The number of nitrogens with two attached hydrogens (primary N) is 2. The average molecular weight is 162 g/mol. The maximum Gasteiger partial charge on any atom is 0.252 e. The molecule has 11 heavy (non-hydrogen) atoms. The number of ketones is 1. The number of Topliss-reactive ketones (excluding diaryl/α,β-unsaturated/α-hetero) is 1. The molecule has 0 aromatic rings. The van der Waals surface area contributed by atoms with Crippen molar-refractivity contribution in [2.45, 2.75) is 25.6 Å². The Morgan fingerprint density at radius 1 is 1.55 bits per heavy atom. The van der Waals surface area contributed by atoms with Crippen molar-refractivity contribution in [1.29, 1.82) is 0 Å².